The standard InChI is InChI=1S/C16H16N2O3/c1-12(19)21-15-9-8-13(10-16(15)20-2)11-17-18-14-6-4-3-5-7-14/h3-11,18H,1-2H3. The number of esters is 1. The van der Waals surface area contributed by atoms with E-state index in [9.17, 15) is 4.79 Å². The highest BCUT2D eigenvalue weighted by Crippen LogP contribution is 2.27. The summed E-state index contributed by atoms with van der Waals surface area (Å²) in [7, 11) is 1.52. The fraction of sp³-hybridized carbons (Fsp3) is 0.125. The van der Waals surface area contributed by atoms with Gasteiger partial charge in [-0.3, -0.25) is 10.2 Å². The van der Waals surface area contributed by atoms with Crippen molar-refractivity contribution in [2.75, 3.05) is 12.5 Å². The molecule has 0 radical (unpaired) electrons. The lowest BCUT2D eigenvalue weighted by Gasteiger charge is -2.08. The summed E-state index contributed by atoms with van der Waals surface area (Å²) in [5.41, 5.74) is 4.65. The van der Waals surface area contributed by atoms with Crippen molar-refractivity contribution in [2.45, 2.75) is 6.92 Å². The lowest BCUT2D eigenvalue weighted by molar-refractivity contribution is -0.132. The topological polar surface area (TPSA) is 59.9 Å². The van der Waals surface area contributed by atoms with Crippen LogP contribution in [-0.4, -0.2) is 19.3 Å². The van der Waals surface area contributed by atoms with E-state index in [0.717, 1.165) is 11.3 Å². The number of methoxy groups -OCH3 is 1. The van der Waals surface area contributed by atoms with E-state index in [-0.39, 0.29) is 5.97 Å². The molecule has 0 fully saturated rings. The van der Waals surface area contributed by atoms with Crippen LogP contribution in [0.2, 0.25) is 0 Å². The summed E-state index contributed by atoms with van der Waals surface area (Å²) in [5, 5.41) is 4.14. The molecule has 0 aromatic heterocycles. The van der Waals surface area contributed by atoms with Crippen LogP contribution in [0.15, 0.2) is 53.6 Å². The van der Waals surface area contributed by atoms with Gasteiger partial charge >= 0.3 is 5.97 Å². The van der Waals surface area contributed by atoms with E-state index in [1.165, 1.54) is 14.0 Å². The second-order valence-corrected chi connectivity index (χ2v) is 4.24. The van der Waals surface area contributed by atoms with Crippen molar-refractivity contribution in [2.24, 2.45) is 5.10 Å². The van der Waals surface area contributed by atoms with Gasteiger partial charge < -0.3 is 9.47 Å². The number of para-hydroxylation sites is 1. The third-order valence-corrected chi connectivity index (χ3v) is 2.62. The molecule has 0 saturated carbocycles. The molecule has 2 aromatic rings. The number of hydrogen-bond acceptors (Lipinski definition) is 5. The largest absolute Gasteiger partial charge is 0.493 e. The smallest absolute Gasteiger partial charge is 0.308 e. The molecule has 2 rings (SSSR count). The van der Waals surface area contributed by atoms with Crippen molar-refractivity contribution in [1.82, 2.24) is 0 Å². The molecule has 0 spiro atoms. The molecule has 0 atom stereocenters. The Balaban J connectivity index is 2.08. The molecule has 0 unspecified atom stereocenters. The molecule has 0 heterocycles. The van der Waals surface area contributed by atoms with Crippen molar-refractivity contribution < 1.29 is 14.3 Å². The quantitative estimate of drug-likeness (QED) is 0.397. The van der Waals surface area contributed by atoms with Crippen LogP contribution in [0.1, 0.15) is 12.5 Å². The minimum atomic E-state index is -0.388. The zero-order valence-corrected chi connectivity index (χ0v) is 11.9. The van der Waals surface area contributed by atoms with Crippen molar-refractivity contribution in [3.8, 4) is 11.5 Å². The van der Waals surface area contributed by atoms with Gasteiger partial charge in [0.25, 0.3) is 0 Å². The van der Waals surface area contributed by atoms with Crippen LogP contribution in [0.3, 0.4) is 0 Å². The average Bonchev–Trinajstić information content (AvgIpc) is 2.49. The van der Waals surface area contributed by atoms with E-state index in [2.05, 4.69) is 10.5 Å². The van der Waals surface area contributed by atoms with Crippen molar-refractivity contribution in [3.63, 3.8) is 0 Å². The number of hydrazone groups is 1. The van der Waals surface area contributed by atoms with Gasteiger partial charge in [0.1, 0.15) is 0 Å². The Morgan fingerprint density at radius 3 is 2.57 bits per heavy atom. The lowest BCUT2D eigenvalue weighted by atomic mass is 10.2. The molecule has 0 aliphatic heterocycles. The third kappa shape index (κ3) is 4.35. The second kappa shape index (κ2) is 7.09. The number of rotatable bonds is 5. The zero-order chi connectivity index (χ0) is 15.1. The summed E-state index contributed by atoms with van der Waals surface area (Å²) in [6, 6.07) is 14.8. The summed E-state index contributed by atoms with van der Waals surface area (Å²) in [6.45, 7) is 1.35. The predicted molar refractivity (Wildman–Crippen MR) is 82.0 cm³/mol. The van der Waals surface area contributed by atoms with E-state index in [0.29, 0.717) is 11.5 Å². The first-order valence-electron chi connectivity index (χ1n) is 6.39. The lowest BCUT2D eigenvalue weighted by Crippen LogP contribution is -2.03. The Bertz CT molecular complexity index is 639. The van der Waals surface area contributed by atoms with Gasteiger partial charge in [-0.25, -0.2) is 0 Å². The molecule has 21 heavy (non-hydrogen) atoms. The molecule has 108 valence electrons. The molecule has 0 saturated heterocycles. The highest BCUT2D eigenvalue weighted by Gasteiger charge is 2.07. The highest BCUT2D eigenvalue weighted by molar-refractivity contribution is 5.82. The maximum absolute atomic E-state index is 11.0. The monoisotopic (exact) mass is 284 g/mol. The zero-order valence-electron chi connectivity index (χ0n) is 11.9. The summed E-state index contributed by atoms with van der Waals surface area (Å²) in [4.78, 5) is 11.0. The van der Waals surface area contributed by atoms with Gasteiger partial charge in [0.15, 0.2) is 11.5 Å². The van der Waals surface area contributed by atoms with Gasteiger partial charge in [0.05, 0.1) is 19.0 Å². The van der Waals surface area contributed by atoms with Crippen molar-refractivity contribution >= 4 is 17.9 Å². The van der Waals surface area contributed by atoms with Crippen LogP contribution < -0.4 is 14.9 Å². The van der Waals surface area contributed by atoms with Crippen molar-refractivity contribution in [1.29, 1.82) is 0 Å². The maximum Gasteiger partial charge on any atom is 0.308 e. The molecular weight excluding hydrogens is 268 g/mol. The summed E-state index contributed by atoms with van der Waals surface area (Å²) >= 11 is 0. The molecule has 0 aliphatic rings. The molecule has 5 nitrogen and oxygen atoms in total. The first-order valence-corrected chi connectivity index (χ1v) is 6.39. The predicted octanol–water partition coefficient (Wildman–Crippen LogP) is 3.07. The number of nitrogens with one attached hydrogen (secondary N) is 1. The number of ether oxygens (including phenoxy) is 2. The Hall–Kier alpha value is -2.82. The van der Waals surface area contributed by atoms with Gasteiger partial charge in [0, 0.05) is 6.92 Å². The highest BCUT2D eigenvalue weighted by atomic mass is 16.6. The van der Waals surface area contributed by atoms with E-state index in [1.54, 1.807) is 24.4 Å². The van der Waals surface area contributed by atoms with Crippen LogP contribution in [0.5, 0.6) is 11.5 Å². The van der Waals surface area contributed by atoms with Crippen LogP contribution >= 0.6 is 0 Å². The molecular formula is C16H16N2O3. The number of hydrogen-bond donors (Lipinski definition) is 1. The van der Waals surface area contributed by atoms with E-state index in [1.807, 2.05) is 30.3 Å². The molecule has 0 bridgehead atoms. The molecule has 0 amide bonds. The fourth-order valence-electron chi connectivity index (χ4n) is 1.70. The van der Waals surface area contributed by atoms with Gasteiger partial charge in [-0.05, 0) is 35.9 Å². The molecule has 0 aliphatic carbocycles. The minimum Gasteiger partial charge on any atom is -0.493 e. The number of anilines is 1. The third-order valence-electron chi connectivity index (χ3n) is 2.62. The first kappa shape index (κ1) is 14.6. The minimum absolute atomic E-state index is 0.387. The van der Waals surface area contributed by atoms with Crippen molar-refractivity contribution in [3.05, 3.63) is 54.1 Å². The number of benzene rings is 2. The van der Waals surface area contributed by atoms with Crippen LogP contribution in [0, 0.1) is 0 Å². The van der Waals surface area contributed by atoms with E-state index >= 15 is 0 Å². The Kier molecular flexibility index (Phi) is 4.93. The summed E-state index contributed by atoms with van der Waals surface area (Å²) < 4.78 is 10.2. The molecule has 5 heteroatoms. The normalized spacial score (nSPS) is 10.4. The molecule has 1 N–H and O–H groups in total. The second-order valence-electron chi connectivity index (χ2n) is 4.24. The first-order chi connectivity index (χ1) is 10.2. The number of nitrogens with zero attached hydrogens (tertiary/aromatic N) is 1. The Morgan fingerprint density at radius 1 is 1.14 bits per heavy atom. The van der Waals surface area contributed by atoms with Gasteiger partial charge in [-0.1, -0.05) is 18.2 Å². The number of carbonyl (C=O) groups excluding carboxylic acids is 1. The summed E-state index contributed by atoms with van der Waals surface area (Å²) in [6.07, 6.45) is 1.66. The Labute approximate surface area is 123 Å². The fourth-order valence-corrected chi connectivity index (χ4v) is 1.70. The average molecular weight is 284 g/mol. The van der Waals surface area contributed by atoms with Gasteiger partial charge in [-0.2, -0.15) is 5.10 Å². The van der Waals surface area contributed by atoms with Crippen LogP contribution in [0.25, 0.3) is 0 Å². The number of carbonyl (C=O) groups is 1. The summed E-state index contributed by atoms with van der Waals surface area (Å²) in [5.74, 6) is 0.479. The van der Waals surface area contributed by atoms with E-state index < -0.39 is 0 Å². The van der Waals surface area contributed by atoms with Gasteiger partial charge in [0.2, 0.25) is 0 Å². The van der Waals surface area contributed by atoms with E-state index in [4.69, 9.17) is 9.47 Å². The Morgan fingerprint density at radius 2 is 1.90 bits per heavy atom. The SMILES string of the molecule is COc1cc(C=NNc2ccccc2)ccc1OC(C)=O. The van der Waals surface area contributed by atoms with Crippen LogP contribution in [0.4, 0.5) is 5.69 Å². The van der Waals surface area contributed by atoms with Crippen LogP contribution in [-0.2, 0) is 4.79 Å². The maximum atomic E-state index is 11.0. The molecule has 2 aromatic carbocycles. The van der Waals surface area contributed by atoms with Gasteiger partial charge in [-0.15, -0.1) is 0 Å².